The minimum Gasteiger partial charge on any atom is -0.352 e. The van der Waals surface area contributed by atoms with Crippen molar-refractivity contribution in [2.45, 2.75) is 26.3 Å². The molecule has 21 heavy (non-hydrogen) atoms. The number of rotatable bonds is 3. The van der Waals surface area contributed by atoms with E-state index < -0.39 is 0 Å². The first-order valence-electron chi connectivity index (χ1n) is 7.29. The van der Waals surface area contributed by atoms with E-state index in [1.165, 1.54) is 12.1 Å². The average molecular weight is 290 g/mol. The second-order valence-electron chi connectivity index (χ2n) is 6.08. The maximum Gasteiger partial charge on any atom is 0.226 e. The molecule has 0 aromatic heterocycles. The first kappa shape index (κ1) is 14.0. The molecule has 0 radical (unpaired) electrons. The van der Waals surface area contributed by atoms with E-state index >= 15 is 0 Å². The molecule has 0 bridgehead atoms. The normalized spacial score (nSPS) is 27.0. The fraction of sp³-hybridized carbons (Fsp3) is 0.500. The highest BCUT2D eigenvalue weighted by Crippen LogP contribution is 2.58. The first-order chi connectivity index (χ1) is 10.0. The Hall–Kier alpha value is -1.91. The van der Waals surface area contributed by atoms with Gasteiger partial charge in [0.1, 0.15) is 5.82 Å². The predicted molar refractivity (Wildman–Crippen MR) is 75.7 cm³/mol. The number of piperidine rings is 1. The van der Waals surface area contributed by atoms with Crippen molar-refractivity contribution >= 4 is 11.8 Å². The van der Waals surface area contributed by atoms with Crippen LogP contribution in [-0.4, -0.2) is 29.8 Å². The summed E-state index contributed by atoms with van der Waals surface area (Å²) in [5.41, 5.74) is 0.470. The Morgan fingerprint density at radius 3 is 2.95 bits per heavy atom. The highest BCUT2D eigenvalue weighted by Gasteiger charge is 2.61. The van der Waals surface area contributed by atoms with E-state index in [-0.39, 0.29) is 29.0 Å². The summed E-state index contributed by atoms with van der Waals surface area (Å²) in [6, 6.07) is 6.25. The van der Waals surface area contributed by atoms with Crippen LogP contribution in [0.2, 0.25) is 0 Å². The molecular formula is C16H19FN2O2. The van der Waals surface area contributed by atoms with E-state index in [0.29, 0.717) is 19.6 Å². The van der Waals surface area contributed by atoms with Crippen LogP contribution in [0.3, 0.4) is 0 Å². The number of nitrogens with zero attached hydrogens (tertiary/aromatic N) is 1. The molecule has 1 aliphatic heterocycles. The Labute approximate surface area is 123 Å². The molecule has 5 heteroatoms. The maximum absolute atomic E-state index is 13.1. The summed E-state index contributed by atoms with van der Waals surface area (Å²) < 4.78 is 13.1. The van der Waals surface area contributed by atoms with E-state index in [4.69, 9.17) is 0 Å². The lowest BCUT2D eigenvalue weighted by molar-refractivity contribution is -0.134. The van der Waals surface area contributed by atoms with Gasteiger partial charge in [-0.1, -0.05) is 12.1 Å². The van der Waals surface area contributed by atoms with E-state index in [1.54, 1.807) is 19.1 Å². The van der Waals surface area contributed by atoms with Crippen LogP contribution >= 0.6 is 0 Å². The molecule has 0 spiro atoms. The van der Waals surface area contributed by atoms with E-state index in [9.17, 15) is 14.0 Å². The van der Waals surface area contributed by atoms with Crippen molar-refractivity contribution in [2.24, 2.45) is 11.3 Å². The topological polar surface area (TPSA) is 49.4 Å². The Balaban J connectivity index is 1.57. The van der Waals surface area contributed by atoms with Crippen molar-refractivity contribution in [3.63, 3.8) is 0 Å². The molecule has 3 rings (SSSR count). The third-order valence-electron chi connectivity index (χ3n) is 4.74. The summed E-state index contributed by atoms with van der Waals surface area (Å²) in [7, 11) is 0. The molecule has 2 atom stereocenters. The molecule has 4 nitrogen and oxygen atoms in total. The van der Waals surface area contributed by atoms with Gasteiger partial charge in [-0.3, -0.25) is 9.59 Å². The molecule has 1 aromatic rings. The molecular weight excluding hydrogens is 271 g/mol. The van der Waals surface area contributed by atoms with Crippen LogP contribution in [-0.2, 0) is 16.1 Å². The summed E-state index contributed by atoms with van der Waals surface area (Å²) in [5, 5.41) is 2.91. The number of hydrogen-bond acceptors (Lipinski definition) is 2. The second kappa shape index (κ2) is 5.13. The molecule has 2 aliphatic rings. The maximum atomic E-state index is 13.1. The molecule has 112 valence electrons. The number of hydrogen-bond donors (Lipinski definition) is 1. The fourth-order valence-electron chi connectivity index (χ4n) is 3.30. The molecule has 1 heterocycles. The van der Waals surface area contributed by atoms with Crippen molar-refractivity contribution in [1.29, 1.82) is 0 Å². The highest BCUT2D eigenvalue weighted by molar-refractivity contribution is 5.86. The van der Waals surface area contributed by atoms with Gasteiger partial charge in [-0.05, 0) is 36.5 Å². The number of amides is 2. The third-order valence-corrected chi connectivity index (χ3v) is 4.74. The van der Waals surface area contributed by atoms with Crippen LogP contribution in [0.4, 0.5) is 4.39 Å². The van der Waals surface area contributed by atoms with E-state index in [0.717, 1.165) is 18.4 Å². The Bertz CT molecular complexity index is 589. The van der Waals surface area contributed by atoms with Crippen LogP contribution in [0, 0.1) is 17.2 Å². The van der Waals surface area contributed by atoms with Gasteiger partial charge in [-0.15, -0.1) is 0 Å². The summed E-state index contributed by atoms with van der Waals surface area (Å²) in [6.07, 6.45) is 1.58. The SMILES string of the molecule is CC(=O)N1CC[C@@]2(C(=O)NCc3cccc(F)c3)C[C@H]2C1. The van der Waals surface area contributed by atoms with Gasteiger partial charge in [0, 0.05) is 26.6 Å². The zero-order chi connectivity index (χ0) is 15.0. The van der Waals surface area contributed by atoms with Gasteiger partial charge in [-0.25, -0.2) is 4.39 Å². The molecule has 2 amide bonds. The molecule has 1 N–H and O–H groups in total. The van der Waals surface area contributed by atoms with Crippen molar-refractivity contribution in [3.8, 4) is 0 Å². The third kappa shape index (κ3) is 2.64. The van der Waals surface area contributed by atoms with Crippen LogP contribution in [0.1, 0.15) is 25.3 Å². The summed E-state index contributed by atoms with van der Waals surface area (Å²) in [6.45, 7) is 3.25. The minimum atomic E-state index is -0.293. The van der Waals surface area contributed by atoms with Gasteiger partial charge in [-0.2, -0.15) is 0 Å². The van der Waals surface area contributed by atoms with Gasteiger partial charge < -0.3 is 10.2 Å². The van der Waals surface area contributed by atoms with Crippen LogP contribution < -0.4 is 5.32 Å². The lowest BCUT2D eigenvalue weighted by atomic mass is 9.94. The summed E-state index contributed by atoms with van der Waals surface area (Å²) >= 11 is 0. The molecule has 1 saturated heterocycles. The van der Waals surface area contributed by atoms with Crippen molar-refractivity contribution < 1.29 is 14.0 Å². The van der Waals surface area contributed by atoms with Crippen LogP contribution in [0.15, 0.2) is 24.3 Å². The minimum absolute atomic E-state index is 0.0416. The standard InChI is InChI=1S/C16H19FN2O2/c1-11(20)19-6-5-16(8-13(16)10-19)15(21)18-9-12-3-2-4-14(17)7-12/h2-4,7,13H,5-6,8-10H2,1H3,(H,18,21)/t13-,16+/m0/s1. The number of halogens is 1. The Morgan fingerprint density at radius 2 is 2.29 bits per heavy atom. The molecule has 0 unspecified atom stereocenters. The van der Waals surface area contributed by atoms with Gasteiger partial charge in [0.05, 0.1) is 5.41 Å². The van der Waals surface area contributed by atoms with Crippen molar-refractivity contribution in [2.75, 3.05) is 13.1 Å². The number of likely N-dealkylation sites (tertiary alicyclic amines) is 1. The molecule has 2 fully saturated rings. The van der Waals surface area contributed by atoms with Gasteiger partial charge in [0.15, 0.2) is 0 Å². The number of carbonyl (C=O) groups is 2. The number of nitrogens with one attached hydrogen (secondary N) is 1. The quantitative estimate of drug-likeness (QED) is 0.921. The highest BCUT2D eigenvalue weighted by atomic mass is 19.1. The van der Waals surface area contributed by atoms with Gasteiger partial charge >= 0.3 is 0 Å². The zero-order valence-electron chi connectivity index (χ0n) is 12.1. The molecule has 1 saturated carbocycles. The Morgan fingerprint density at radius 1 is 1.48 bits per heavy atom. The van der Waals surface area contributed by atoms with Crippen LogP contribution in [0.25, 0.3) is 0 Å². The fourth-order valence-corrected chi connectivity index (χ4v) is 3.30. The number of carbonyl (C=O) groups excluding carboxylic acids is 2. The van der Waals surface area contributed by atoms with Crippen LogP contribution in [0.5, 0.6) is 0 Å². The Kier molecular flexibility index (Phi) is 3.43. The van der Waals surface area contributed by atoms with E-state index in [2.05, 4.69) is 5.32 Å². The first-order valence-corrected chi connectivity index (χ1v) is 7.29. The lowest BCUT2D eigenvalue weighted by Crippen LogP contribution is -2.43. The summed E-state index contributed by atoms with van der Waals surface area (Å²) in [5.74, 6) is 0.109. The lowest BCUT2D eigenvalue weighted by Gasteiger charge is -2.30. The monoisotopic (exact) mass is 290 g/mol. The molecule has 1 aromatic carbocycles. The smallest absolute Gasteiger partial charge is 0.226 e. The van der Waals surface area contributed by atoms with E-state index in [1.807, 2.05) is 4.90 Å². The average Bonchev–Trinajstić information content (AvgIpc) is 3.19. The van der Waals surface area contributed by atoms with Crippen molar-refractivity contribution in [3.05, 3.63) is 35.6 Å². The molecule has 1 aliphatic carbocycles. The van der Waals surface area contributed by atoms with Crippen molar-refractivity contribution in [1.82, 2.24) is 10.2 Å². The zero-order valence-corrected chi connectivity index (χ0v) is 12.1. The second-order valence-corrected chi connectivity index (χ2v) is 6.08. The largest absolute Gasteiger partial charge is 0.352 e. The van der Waals surface area contributed by atoms with Gasteiger partial charge in [0.25, 0.3) is 0 Å². The number of benzene rings is 1. The number of fused-ring (bicyclic) bond motifs is 1. The van der Waals surface area contributed by atoms with Gasteiger partial charge in [0.2, 0.25) is 11.8 Å². The summed E-state index contributed by atoms with van der Waals surface area (Å²) in [4.78, 5) is 25.6. The predicted octanol–water partition coefficient (Wildman–Crippen LogP) is 1.70.